The maximum absolute atomic E-state index is 12.4. The monoisotopic (exact) mass is 367 g/mol. The molecule has 0 fully saturated rings. The molecule has 1 heterocycles. The molecule has 3 rings (SSSR count). The van der Waals surface area contributed by atoms with Crippen molar-refractivity contribution in [2.24, 2.45) is 0 Å². The molecule has 1 unspecified atom stereocenters. The van der Waals surface area contributed by atoms with E-state index in [1.165, 1.54) is 22.5 Å². The number of aromatic nitrogens is 2. The van der Waals surface area contributed by atoms with Crippen LogP contribution in [0, 0.1) is 20.8 Å². The molecule has 1 amide bonds. The maximum atomic E-state index is 12.4. The summed E-state index contributed by atoms with van der Waals surface area (Å²) in [5.41, 5.74) is 4.48. The van der Waals surface area contributed by atoms with Gasteiger partial charge in [-0.25, -0.2) is 0 Å². The second-order valence-corrected chi connectivity index (χ2v) is 7.25. The molecule has 3 aromatic rings. The molecule has 0 aliphatic rings. The lowest BCUT2D eigenvalue weighted by atomic mass is 10.1. The molecule has 0 aliphatic carbocycles. The molecule has 6 heteroatoms. The first-order valence-electron chi connectivity index (χ1n) is 8.37. The van der Waals surface area contributed by atoms with Crippen molar-refractivity contribution in [3.63, 3.8) is 0 Å². The summed E-state index contributed by atoms with van der Waals surface area (Å²) in [6.07, 6.45) is -0.635. The minimum Gasteiger partial charge on any atom is -0.481 e. The van der Waals surface area contributed by atoms with Crippen molar-refractivity contribution in [2.45, 2.75) is 33.8 Å². The van der Waals surface area contributed by atoms with E-state index < -0.39 is 6.10 Å². The number of anilines is 1. The third-order valence-electron chi connectivity index (χ3n) is 4.11. The Morgan fingerprint density at radius 1 is 1.04 bits per heavy atom. The summed E-state index contributed by atoms with van der Waals surface area (Å²) in [6, 6.07) is 13.8. The predicted octanol–water partition coefficient (Wildman–Crippen LogP) is 4.54. The molecule has 0 bridgehead atoms. The van der Waals surface area contributed by atoms with Crippen molar-refractivity contribution in [1.82, 2.24) is 10.2 Å². The first-order valence-corrected chi connectivity index (χ1v) is 9.19. The van der Waals surface area contributed by atoms with E-state index in [2.05, 4.69) is 15.5 Å². The lowest BCUT2D eigenvalue weighted by Gasteiger charge is -2.14. The predicted molar refractivity (Wildman–Crippen MR) is 105 cm³/mol. The summed E-state index contributed by atoms with van der Waals surface area (Å²) in [5, 5.41) is 12.2. The second-order valence-electron chi connectivity index (χ2n) is 6.27. The number of aryl methyl sites for hydroxylation is 3. The van der Waals surface area contributed by atoms with E-state index in [1.807, 2.05) is 63.2 Å². The Balaban J connectivity index is 1.64. The van der Waals surface area contributed by atoms with Gasteiger partial charge >= 0.3 is 0 Å². The van der Waals surface area contributed by atoms with Crippen molar-refractivity contribution >= 4 is 22.4 Å². The molecule has 5 nitrogen and oxygen atoms in total. The van der Waals surface area contributed by atoms with Crippen LogP contribution in [0.5, 0.6) is 5.75 Å². The average molecular weight is 367 g/mol. The van der Waals surface area contributed by atoms with Crippen molar-refractivity contribution in [3.8, 4) is 16.3 Å². The Morgan fingerprint density at radius 2 is 1.77 bits per heavy atom. The van der Waals surface area contributed by atoms with Crippen LogP contribution >= 0.6 is 11.3 Å². The molecule has 0 radical (unpaired) electrons. The van der Waals surface area contributed by atoms with E-state index in [4.69, 9.17) is 4.74 Å². The van der Waals surface area contributed by atoms with Crippen molar-refractivity contribution < 1.29 is 9.53 Å². The standard InChI is InChI=1S/C20H21N3O2S/c1-12-5-8-16(9-6-12)19-22-23-20(26-19)21-18(24)15(4)25-17-10-7-13(2)14(3)11-17/h5-11,15H,1-4H3,(H,21,23,24). The summed E-state index contributed by atoms with van der Waals surface area (Å²) in [4.78, 5) is 12.4. The molecule has 0 spiro atoms. The molecular weight excluding hydrogens is 346 g/mol. The Morgan fingerprint density at radius 3 is 2.46 bits per heavy atom. The summed E-state index contributed by atoms with van der Waals surface area (Å²) in [7, 11) is 0. The van der Waals surface area contributed by atoms with E-state index in [0.717, 1.165) is 16.1 Å². The third-order valence-corrected chi connectivity index (χ3v) is 5.00. The van der Waals surface area contributed by atoms with Gasteiger partial charge in [0.15, 0.2) is 6.10 Å². The molecule has 0 saturated heterocycles. The molecule has 26 heavy (non-hydrogen) atoms. The van der Waals surface area contributed by atoms with Gasteiger partial charge in [-0.1, -0.05) is 47.2 Å². The number of hydrogen-bond acceptors (Lipinski definition) is 5. The van der Waals surface area contributed by atoms with E-state index >= 15 is 0 Å². The van der Waals surface area contributed by atoms with Gasteiger partial charge in [-0.05, 0) is 51.0 Å². The first-order chi connectivity index (χ1) is 12.4. The van der Waals surface area contributed by atoms with Gasteiger partial charge in [-0.15, -0.1) is 10.2 Å². The SMILES string of the molecule is Cc1ccc(-c2nnc(NC(=O)C(C)Oc3ccc(C)c(C)c3)s2)cc1. The number of nitrogens with zero attached hydrogens (tertiary/aromatic N) is 2. The minimum atomic E-state index is -0.635. The Kier molecular flexibility index (Phi) is 5.32. The lowest BCUT2D eigenvalue weighted by Crippen LogP contribution is -2.30. The lowest BCUT2D eigenvalue weighted by molar-refractivity contribution is -0.122. The highest BCUT2D eigenvalue weighted by atomic mass is 32.1. The zero-order chi connectivity index (χ0) is 18.7. The number of carbonyl (C=O) groups excluding carboxylic acids is 1. The van der Waals surface area contributed by atoms with E-state index in [0.29, 0.717) is 10.9 Å². The van der Waals surface area contributed by atoms with Gasteiger partial charge in [0.25, 0.3) is 5.91 Å². The minimum absolute atomic E-state index is 0.255. The number of hydrogen-bond donors (Lipinski definition) is 1. The molecule has 0 aliphatic heterocycles. The number of amides is 1. The number of ether oxygens (including phenoxy) is 1. The smallest absolute Gasteiger partial charge is 0.266 e. The molecule has 1 N–H and O–H groups in total. The van der Waals surface area contributed by atoms with Crippen molar-refractivity contribution in [1.29, 1.82) is 0 Å². The zero-order valence-electron chi connectivity index (χ0n) is 15.2. The number of carbonyl (C=O) groups is 1. The fraction of sp³-hybridized carbons (Fsp3) is 0.250. The quantitative estimate of drug-likeness (QED) is 0.719. The number of benzene rings is 2. The molecule has 1 aromatic heterocycles. The van der Waals surface area contributed by atoms with Gasteiger partial charge in [0.2, 0.25) is 5.13 Å². The van der Waals surface area contributed by atoms with Crippen LogP contribution < -0.4 is 10.1 Å². The molecule has 1 atom stereocenters. The Hall–Kier alpha value is -2.73. The van der Waals surface area contributed by atoms with Gasteiger partial charge < -0.3 is 4.74 Å². The van der Waals surface area contributed by atoms with Crippen LogP contribution in [0.2, 0.25) is 0 Å². The van der Waals surface area contributed by atoms with Crippen LogP contribution in [0.15, 0.2) is 42.5 Å². The first kappa shape index (κ1) is 18.1. The third kappa shape index (κ3) is 4.26. The summed E-state index contributed by atoms with van der Waals surface area (Å²) in [5.74, 6) is 0.420. The van der Waals surface area contributed by atoms with Crippen LogP contribution in [0.3, 0.4) is 0 Å². The van der Waals surface area contributed by atoms with Crippen molar-refractivity contribution in [2.75, 3.05) is 5.32 Å². The van der Waals surface area contributed by atoms with E-state index in [1.54, 1.807) is 6.92 Å². The summed E-state index contributed by atoms with van der Waals surface area (Å²) in [6.45, 7) is 7.80. The van der Waals surface area contributed by atoms with Gasteiger partial charge in [-0.2, -0.15) is 0 Å². The highest BCUT2D eigenvalue weighted by Crippen LogP contribution is 2.26. The molecule has 134 valence electrons. The van der Waals surface area contributed by atoms with Gasteiger partial charge in [-0.3, -0.25) is 10.1 Å². The van der Waals surface area contributed by atoms with Crippen LogP contribution in [-0.4, -0.2) is 22.2 Å². The highest BCUT2D eigenvalue weighted by molar-refractivity contribution is 7.18. The van der Waals surface area contributed by atoms with Crippen LogP contribution in [0.1, 0.15) is 23.6 Å². The Bertz CT molecular complexity index is 919. The van der Waals surface area contributed by atoms with Crippen LogP contribution in [0.25, 0.3) is 10.6 Å². The molecular formula is C20H21N3O2S. The van der Waals surface area contributed by atoms with Gasteiger partial charge in [0, 0.05) is 5.56 Å². The highest BCUT2D eigenvalue weighted by Gasteiger charge is 2.17. The zero-order valence-corrected chi connectivity index (χ0v) is 16.1. The normalized spacial score (nSPS) is 11.8. The van der Waals surface area contributed by atoms with E-state index in [-0.39, 0.29) is 5.91 Å². The Labute approximate surface area is 157 Å². The van der Waals surface area contributed by atoms with Gasteiger partial charge in [0.1, 0.15) is 10.8 Å². The summed E-state index contributed by atoms with van der Waals surface area (Å²) < 4.78 is 5.73. The number of nitrogens with one attached hydrogen (secondary N) is 1. The second kappa shape index (κ2) is 7.66. The fourth-order valence-electron chi connectivity index (χ4n) is 2.34. The maximum Gasteiger partial charge on any atom is 0.266 e. The fourth-order valence-corrected chi connectivity index (χ4v) is 3.09. The molecule has 0 saturated carbocycles. The molecule has 2 aromatic carbocycles. The number of rotatable bonds is 5. The van der Waals surface area contributed by atoms with Gasteiger partial charge in [0.05, 0.1) is 0 Å². The average Bonchev–Trinajstić information content (AvgIpc) is 3.07. The van der Waals surface area contributed by atoms with Crippen molar-refractivity contribution in [3.05, 3.63) is 59.2 Å². The summed E-state index contributed by atoms with van der Waals surface area (Å²) >= 11 is 1.34. The topological polar surface area (TPSA) is 64.1 Å². The van der Waals surface area contributed by atoms with E-state index in [9.17, 15) is 4.79 Å². The largest absolute Gasteiger partial charge is 0.481 e. The van der Waals surface area contributed by atoms with Crippen LogP contribution in [-0.2, 0) is 4.79 Å². The van der Waals surface area contributed by atoms with Crippen LogP contribution in [0.4, 0.5) is 5.13 Å².